The Morgan fingerprint density at radius 3 is 3.00 bits per heavy atom. The zero-order valence-electron chi connectivity index (χ0n) is 7.68. The van der Waals surface area contributed by atoms with Crippen LogP contribution in [-0.4, -0.2) is 14.4 Å². The summed E-state index contributed by atoms with van der Waals surface area (Å²) in [5, 5.41) is 0. The predicted octanol–water partition coefficient (Wildman–Crippen LogP) is 1.60. The molecule has 0 aliphatic carbocycles. The number of nitrogens with zero attached hydrogens (tertiary/aromatic N) is 3. The van der Waals surface area contributed by atoms with E-state index in [-0.39, 0.29) is 5.82 Å². The molecule has 0 spiro atoms. The van der Waals surface area contributed by atoms with Crippen LogP contribution in [0.2, 0.25) is 0 Å². The van der Waals surface area contributed by atoms with Crippen LogP contribution in [0.15, 0.2) is 30.7 Å². The van der Waals surface area contributed by atoms with Crippen molar-refractivity contribution in [2.24, 2.45) is 0 Å². The molecule has 3 rings (SSSR count). The second-order valence-electron chi connectivity index (χ2n) is 3.28. The Kier molecular flexibility index (Phi) is 1.45. The monoisotopic (exact) mass is 202 g/mol. The van der Waals surface area contributed by atoms with Gasteiger partial charge in [0, 0.05) is 6.07 Å². The van der Waals surface area contributed by atoms with Gasteiger partial charge in [-0.15, -0.1) is 0 Å². The number of aromatic nitrogens is 3. The summed E-state index contributed by atoms with van der Waals surface area (Å²) < 4.78 is 14.8. The van der Waals surface area contributed by atoms with Gasteiger partial charge in [0.25, 0.3) is 0 Å². The molecular formula is C10H7FN4. The maximum atomic E-state index is 13.0. The number of halogens is 1. The van der Waals surface area contributed by atoms with Crippen molar-refractivity contribution in [2.45, 2.75) is 0 Å². The molecule has 0 fully saturated rings. The number of nitrogens with two attached hydrogens (primary N) is 1. The van der Waals surface area contributed by atoms with Crippen molar-refractivity contribution in [1.29, 1.82) is 0 Å². The summed E-state index contributed by atoms with van der Waals surface area (Å²) in [6.07, 6.45) is 3.26. The summed E-state index contributed by atoms with van der Waals surface area (Å²) in [5.74, 6) is 0.0273. The third-order valence-corrected chi connectivity index (χ3v) is 2.34. The fourth-order valence-electron chi connectivity index (χ4n) is 1.65. The number of rotatable bonds is 0. The van der Waals surface area contributed by atoms with Gasteiger partial charge in [0.1, 0.15) is 17.2 Å². The van der Waals surface area contributed by atoms with E-state index in [1.807, 2.05) is 0 Å². The zero-order chi connectivity index (χ0) is 10.4. The first-order valence-electron chi connectivity index (χ1n) is 4.42. The Balaban J connectivity index is 2.60. The topological polar surface area (TPSA) is 56.2 Å². The lowest BCUT2D eigenvalue weighted by Crippen LogP contribution is -1.97. The van der Waals surface area contributed by atoms with E-state index in [0.717, 1.165) is 11.0 Å². The van der Waals surface area contributed by atoms with E-state index in [2.05, 4.69) is 9.97 Å². The van der Waals surface area contributed by atoms with Gasteiger partial charge in [-0.2, -0.15) is 0 Å². The predicted molar refractivity (Wildman–Crippen MR) is 54.9 cm³/mol. The molecule has 0 unspecified atom stereocenters. The number of hydrogen-bond donors (Lipinski definition) is 1. The molecule has 1 aromatic carbocycles. The standard InChI is InChI=1S/C10H7FN4/c11-6-1-2-8-7(3-6)14-10(12)9-4-13-5-15(8)9/h1-5H,(H2,12,14). The lowest BCUT2D eigenvalue weighted by atomic mass is 10.3. The second kappa shape index (κ2) is 2.66. The lowest BCUT2D eigenvalue weighted by molar-refractivity contribution is 0.629. The molecule has 2 aromatic heterocycles. The highest BCUT2D eigenvalue weighted by atomic mass is 19.1. The zero-order valence-corrected chi connectivity index (χ0v) is 7.68. The van der Waals surface area contributed by atoms with Gasteiger partial charge in [-0.25, -0.2) is 14.4 Å². The third-order valence-electron chi connectivity index (χ3n) is 2.34. The average Bonchev–Trinajstić information content (AvgIpc) is 2.66. The second-order valence-corrected chi connectivity index (χ2v) is 3.28. The Morgan fingerprint density at radius 1 is 1.27 bits per heavy atom. The first-order valence-corrected chi connectivity index (χ1v) is 4.42. The summed E-state index contributed by atoms with van der Waals surface area (Å²) in [6, 6.07) is 4.40. The molecule has 4 nitrogen and oxygen atoms in total. The van der Waals surface area contributed by atoms with Crippen molar-refractivity contribution in [3.05, 3.63) is 36.5 Å². The summed E-state index contributed by atoms with van der Waals surface area (Å²) in [7, 11) is 0. The molecule has 5 heteroatoms. The van der Waals surface area contributed by atoms with Crippen LogP contribution in [0.4, 0.5) is 10.2 Å². The van der Waals surface area contributed by atoms with E-state index < -0.39 is 0 Å². The van der Waals surface area contributed by atoms with Crippen LogP contribution in [0.5, 0.6) is 0 Å². The van der Waals surface area contributed by atoms with E-state index in [0.29, 0.717) is 11.3 Å². The highest BCUT2D eigenvalue weighted by Gasteiger charge is 2.06. The molecule has 0 aliphatic heterocycles. The Morgan fingerprint density at radius 2 is 2.13 bits per heavy atom. The molecule has 15 heavy (non-hydrogen) atoms. The van der Waals surface area contributed by atoms with Crippen molar-refractivity contribution in [3.8, 4) is 0 Å². The minimum Gasteiger partial charge on any atom is -0.382 e. The van der Waals surface area contributed by atoms with Crippen LogP contribution in [0, 0.1) is 5.82 Å². The summed E-state index contributed by atoms with van der Waals surface area (Å²) in [5.41, 5.74) is 7.77. The van der Waals surface area contributed by atoms with Crippen molar-refractivity contribution >= 4 is 22.4 Å². The number of anilines is 1. The van der Waals surface area contributed by atoms with Crippen LogP contribution in [0.25, 0.3) is 16.6 Å². The van der Waals surface area contributed by atoms with Gasteiger partial charge in [0.2, 0.25) is 0 Å². The Labute approximate surface area is 84.2 Å². The fourth-order valence-corrected chi connectivity index (χ4v) is 1.65. The first kappa shape index (κ1) is 8.16. The van der Waals surface area contributed by atoms with Crippen molar-refractivity contribution < 1.29 is 4.39 Å². The highest BCUT2D eigenvalue weighted by Crippen LogP contribution is 2.19. The van der Waals surface area contributed by atoms with Gasteiger partial charge < -0.3 is 5.73 Å². The van der Waals surface area contributed by atoms with Crippen LogP contribution in [-0.2, 0) is 0 Å². The van der Waals surface area contributed by atoms with Crippen molar-refractivity contribution in [1.82, 2.24) is 14.4 Å². The Hall–Kier alpha value is -2.17. The molecule has 0 atom stereocenters. The molecule has 0 bridgehead atoms. The van der Waals surface area contributed by atoms with Gasteiger partial charge in [-0.3, -0.25) is 4.40 Å². The van der Waals surface area contributed by atoms with Crippen LogP contribution < -0.4 is 5.73 Å². The first-order chi connectivity index (χ1) is 7.25. The molecule has 0 aliphatic rings. The van der Waals surface area contributed by atoms with Crippen molar-refractivity contribution in [3.63, 3.8) is 0 Å². The molecule has 0 amide bonds. The number of benzene rings is 1. The van der Waals surface area contributed by atoms with Gasteiger partial charge >= 0.3 is 0 Å². The van der Waals surface area contributed by atoms with E-state index in [9.17, 15) is 4.39 Å². The SMILES string of the molecule is Nc1nc2cc(F)ccc2n2cncc12. The van der Waals surface area contributed by atoms with Crippen LogP contribution >= 0.6 is 0 Å². The van der Waals surface area contributed by atoms with Gasteiger partial charge in [-0.1, -0.05) is 0 Å². The fraction of sp³-hybridized carbons (Fsp3) is 0. The molecule has 0 radical (unpaired) electrons. The summed E-state index contributed by atoms with van der Waals surface area (Å²) in [6.45, 7) is 0. The molecule has 0 saturated carbocycles. The number of fused-ring (bicyclic) bond motifs is 3. The van der Waals surface area contributed by atoms with E-state index in [1.165, 1.54) is 12.1 Å². The van der Waals surface area contributed by atoms with E-state index >= 15 is 0 Å². The van der Waals surface area contributed by atoms with Crippen LogP contribution in [0.3, 0.4) is 0 Å². The quantitative estimate of drug-likeness (QED) is 0.602. The summed E-state index contributed by atoms with van der Waals surface area (Å²) >= 11 is 0. The number of hydrogen-bond acceptors (Lipinski definition) is 3. The lowest BCUT2D eigenvalue weighted by Gasteiger charge is -2.03. The molecular weight excluding hydrogens is 195 g/mol. The van der Waals surface area contributed by atoms with Crippen molar-refractivity contribution in [2.75, 3.05) is 5.73 Å². The van der Waals surface area contributed by atoms with Crippen LogP contribution in [0.1, 0.15) is 0 Å². The average molecular weight is 202 g/mol. The minimum absolute atomic E-state index is 0.325. The minimum atomic E-state index is -0.325. The highest BCUT2D eigenvalue weighted by molar-refractivity contribution is 5.83. The molecule has 0 saturated heterocycles. The Bertz CT molecular complexity index is 659. The number of nitrogen functional groups attached to an aromatic ring is 1. The van der Waals surface area contributed by atoms with Gasteiger partial charge in [0.05, 0.1) is 23.6 Å². The van der Waals surface area contributed by atoms with E-state index in [4.69, 9.17) is 5.73 Å². The smallest absolute Gasteiger partial charge is 0.150 e. The third kappa shape index (κ3) is 1.06. The molecule has 74 valence electrons. The summed E-state index contributed by atoms with van der Waals surface area (Å²) in [4.78, 5) is 8.10. The number of imidazole rings is 1. The maximum absolute atomic E-state index is 13.0. The maximum Gasteiger partial charge on any atom is 0.150 e. The molecule has 2 N–H and O–H groups in total. The van der Waals surface area contributed by atoms with E-state index in [1.54, 1.807) is 23.0 Å². The molecule has 3 aromatic rings. The largest absolute Gasteiger partial charge is 0.382 e. The van der Waals surface area contributed by atoms with Gasteiger partial charge in [0.15, 0.2) is 0 Å². The normalized spacial score (nSPS) is 11.3. The molecule has 2 heterocycles. The van der Waals surface area contributed by atoms with Gasteiger partial charge in [-0.05, 0) is 12.1 Å².